The van der Waals surface area contributed by atoms with Crippen LogP contribution < -0.4 is 16.2 Å². The van der Waals surface area contributed by atoms with E-state index in [2.05, 4.69) is 31.6 Å². The molecule has 0 saturated heterocycles. The molecule has 36 heavy (non-hydrogen) atoms. The molecule has 4 aromatic rings. The summed E-state index contributed by atoms with van der Waals surface area (Å²) in [4.78, 5) is 37.6. The Morgan fingerprint density at radius 1 is 0.833 bits per heavy atom. The molecule has 0 spiro atoms. The molecule has 182 valence electrons. The van der Waals surface area contributed by atoms with Crippen molar-refractivity contribution in [2.24, 2.45) is 0 Å². The summed E-state index contributed by atoms with van der Waals surface area (Å²) in [5, 5.41) is 14.9. The Bertz CT molecular complexity index is 1360. The fourth-order valence-corrected chi connectivity index (χ4v) is 3.25. The molecule has 0 bridgehead atoms. The van der Waals surface area contributed by atoms with Gasteiger partial charge < -0.3 is 5.32 Å². The molecule has 3 N–H and O–H groups in total. The number of rotatable bonds is 8. The van der Waals surface area contributed by atoms with Crippen LogP contribution >= 0.6 is 0 Å². The fourth-order valence-electron chi connectivity index (χ4n) is 3.25. The van der Waals surface area contributed by atoms with Gasteiger partial charge >= 0.3 is 0 Å². The van der Waals surface area contributed by atoms with Crippen LogP contribution in [-0.4, -0.2) is 44.5 Å². The van der Waals surface area contributed by atoms with Crippen molar-refractivity contribution >= 4 is 17.7 Å². The average molecular weight is 487 g/mol. The highest BCUT2D eigenvalue weighted by molar-refractivity contribution is 5.95. The van der Waals surface area contributed by atoms with Gasteiger partial charge in [-0.1, -0.05) is 54.6 Å². The number of carbonyl (C=O) groups excluding carboxylic acids is 3. The first kappa shape index (κ1) is 24.2. The largest absolute Gasteiger partial charge is 0.347 e. The van der Waals surface area contributed by atoms with E-state index < -0.39 is 23.5 Å². The zero-order valence-corrected chi connectivity index (χ0v) is 19.0. The summed E-state index contributed by atoms with van der Waals surface area (Å²) in [7, 11) is 0. The second kappa shape index (κ2) is 11.5. The molecule has 10 nitrogen and oxygen atoms in total. The predicted molar refractivity (Wildman–Crippen MR) is 128 cm³/mol. The number of aromatic nitrogens is 4. The van der Waals surface area contributed by atoms with Crippen molar-refractivity contribution in [1.82, 2.24) is 36.4 Å². The predicted octanol–water partition coefficient (Wildman–Crippen LogP) is 1.65. The molecule has 0 aliphatic rings. The third kappa shape index (κ3) is 6.79. The lowest BCUT2D eigenvalue weighted by Gasteiger charge is -2.09. The second-order valence-corrected chi connectivity index (χ2v) is 7.79. The van der Waals surface area contributed by atoms with Crippen molar-refractivity contribution < 1.29 is 18.8 Å². The van der Waals surface area contributed by atoms with E-state index in [0.29, 0.717) is 23.5 Å². The Morgan fingerprint density at radius 3 is 2.36 bits per heavy atom. The molecule has 0 radical (unpaired) electrons. The number of halogens is 1. The maximum absolute atomic E-state index is 13.2. The molecule has 0 fully saturated rings. The lowest BCUT2D eigenvalue weighted by molar-refractivity contribution is -0.126. The first-order chi connectivity index (χ1) is 17.5. The minimum atomic E-state index is -0.612. The van der Waals surface area contributed by atoms with Gasteiger partial charge in [-0.15, -0.1) is 10.2 Å². The molecule has 4 rings (SSSR count). The van der Waals surface area contributed by atoms with Crippen molar-refractivity contribution in [1.29, 1.82) is 0 Å². The summed E-state index contributed by atoms with van der Waals surface area (Å²) in [6, 6.07) is 21.8. The number of nitrogens with zero attached hydrogens (tertiary/aromatic N) is 4. The summed E-state index contributed by atoms with van der Waals surface area (Å²) < 4.78 is 13.2. The van der Waals surface area contributed by atoms with Crippen molar-refractivity contribution in [3.63, 3.8) is 0 Å². The van der Waals surface area contributed by atoms with Crippen LogP contribution in [0.2, 0.25) is 0 Å². The van der Waals surface area contributed by atoms with Gasteiger partial charge in [0.2, 0.25) is 11.7 Å². The van der Waals surface area contributed by atoms with Crippen molar-refractivity contribution in [3.8, 4) is 11.4 Å². The first-order valence-corrected chi connectivity index (χ1v) is 11.0. The number of hydrogen-bond donors (Lipinski definition) is 3. The highest BCUT2D eigenvalue weighted by atomic mass is 19.1. The lowest BCUT2D eigenvalue weighted by atomic mass is 10.1. The van der Waals surface area contributed by atoms with E-state index in [1.807, 2.05) is 30.3 Å². The van der Waals surface area contributed by atoms with E-state index in [9.17, 15) is 18.8 Å². The molecule has 1 aromatic heterocycles. The molecule has 0 unspecified atom stereocenters. The van der Waals surface area contributed by atoms with E-state index in [1.165, 1.54) is 23.0 Å². The molecule has 3 amide bonds. The van der Waals surface area contributed by atoms with E-state index in [0.717, 1.165) is 11.1 Å². The highest BCUT2D eigenvalue weighted by Gasteiger charge is 2.11. The monoisotopic (exact) mass is 487 g/mol. The number of amides is 3. The summed E-state index contributed by atoms with van der Waals surface area (Å²) in [5.41, 5.74) is 7.06. The van der Waals surface area contributed by atoms with Crippen LogP contribution in [0.25, 0.3) is 11.4 Å². The van der Waals surface area contributed by atoms with Gasteiger partial charge in [-0.25, -0.2) is 4.39 Å². The van der Waals surface area contributed by atoms with Crippen LogP contribution in [-0.2, 0) is 22.6 Å². The topological polar surface area (TPSA) is 131 Å². The molecule has 0 aliphatic carbocycles. The number of tetrazole rings is 1. The summed E-state index contributed by atoms with van der Waals surface area (Å²) >= 11 is 0. The number of carbonyl (C=O) groups is 3. The smallest absolute Gasteiger partial charge is 0.269 e. The van der Waals surface area contributed by atoms with Gasteiger partial charge in [0.1, 0.15) is 5.82 Å². The Hall–Kier alpha value is -4.93. The molecule has 0 saturated carbocycles. The van der Waals surface area contributed by atoms with E-state index >= 15 is 0 Å². The highest BCUT2D eigenvalue weighted by Crippen LogP contribution is 2.12. The third-order valence-corrected chi connectivity index (χ3v) is 5.04. The summed E-state index contributed by atoms with van der Waals surface area (Å²) in [5.74, 6) is -1.51. The van der Waals surface area contributed by atoms with Crippen LogP contribution in [0.15, 0.2) is 78.9 Å². The summed E-state index contributed by atoms with van der Waals surface area (Å²) in [6.45, 7) is 0.0248. The van der Waals surface area contributed by atoms with Crippen LogP contribution in [0.4, 0.5) is 4.39 Å². The fraction of sp³-hybridized carbons (Fsp3) is 0.120. The van der Waals surface area contributed by atoms with E-state index in [4.69, 9.17) is 0 Å². The van der Waals surface area contributed by atoms with Crippen LogP contribution in [0, 0.1) is 5.82 Å². The summed E-state index contributed by atoms with van der Waals surface area (Å²) in [6.07, 6.45) is -0.0680. The van der Waals surface area contributed by atoms with Crippen LogP contribution in [0.5, 0.6) is 0 Å². The second-order valence-electron chi connectivity index (χ2n) is 7.79. The molecular formula is C25H22FN7O3. The van der Waals surface area contributed by atoms with Gasteiger partial charge in [0.05, 0.1) is 19.5 Å². The normalized spacial score (nSPS) is 10.5. The SMILES string of the molecule is O=C(Cc1cccc(F)c1)NCC(=O)NNC(=O)c1ccc(Cn2nnc(-c3ccccc3)n2)cc1. The Labute approximate surface area is 205 Å². The molecule has 0 aliphatic heterocycles. The zero-order chi connectivity index (χ0) is 25.3. The third-order valence-electron chi connectivity index (χ3n) is 5.04. The maximum atomic E-state index is 13.2. The molecule has 1 heterocycles. The minimum absolute atomic E-state index is 0.0680. The van der Waals surface area contributed by atoms with Crippen molar-refractivity contribution in [2.75, 3.05) is 6.54 Å². The lowest BCUT2D eigenvalue weighted by Crippen LogP contribution is -2.46. The molecular weight excluding hydrogens is 465 g/mol. The minimum Gasteiger partial charge on any atom is -0.347 e. The van der Waals surface area contributed by atoms with Gasteiger partial charge in [0.25, 0.3) is 11.8 Å². The molecule has 0 atom stereocenters. The Balaban J connectivity index is 1.21. The molecule has 11 heteroatoms. The van der Waals surface area contributed by atoms with Crippen molar-refractivity contribution in [2.45, 2.75) is 13.0 Å². The number of hydrogen-bond acceptors (Lipinski definition) is 6. The number of hydrazine groups is 1. The van der Waals surface area contributed by atoms with E-state index in [1.54, 1.807) is 30.3 Å². The van der Waals surface area contributed by atoms with Crippen LogP contribution in [0.1, 0.15) is 21.5 Å². The quantitative estimate of drug-likeness (QED) is 0.324. The number of benzene rings is 3. The van der Waals surface area contributed by atoms with Gasteiger partial charge in [-0.2, -0.15) is 4.80 Å². The van der Waals surface area contributed by atoms with Crippen LogP contribution in [0.3, 0.4) is 0 Å². The van der Waals surface area contributed by atoms with Crippen molar-refractivity contribution in [3.05, 3.63) is 101 Å². The van der Waals surface area contributed by atoms with E-state index in [-0.39, 0.29) is 13.0 Å². The van der Waals surface area contributed by atoms with Gasteiger partial charge in [-0.05, 0) is 40.6 Å². The standard InChI is InChI=1S/C25H22FN7O3/c26-21-8-4-5-18(13-21)14-22(34)27-15-23(35)28-30-25(36)20-11-9-17(10-12-20)16-33-31-24(29-32-33)19-6-2-1-3-7-19/h1-13H,14-16H2,(H,27,34)(H,28,35)(H,30,36). The molecule has 3 aromatic carbocycles. The van der Waals surface area contributed by atoms with Gasteiger partial charge in [-0.3, -0.25) is 25.2 Å². The Kier molecular flexibility index (Phi) is 7.71. The van der Waals surface area contributed by atoms with Gasteiger partial charge in [0.15, 0.2) is 0 Å². The van der Waals surface area contributed by atoms with Gasteiger partial charge in [0, 0.05) is 11.1 Å². The Morgan fingerprint density at radius 2 is 1.61 bits per heavy atom. The average Bonchev–Trinajstić information content (AvgIpc) is 3.35. The first-order valence-electron chi connectivity index (χ1n) is 11.0. The zero-order valence-electron chi connectivity index (χ0n) is 19.0. The maximum Gasteiger partial charge on any atom is 0.269 e. The number of nitrogens with one attached hydrogen (secondary N) is 3.